The second-order valence-electron chi connectivity index (χ2n) is 6.18. The Kier molecular flexibility index (Phi) is 4.12. The first-order chi connectivity index (χ1) is 11.3. The van der Waals surface area contributed by atoms with Gasteiger partial charge >= 0.3 is 0 Å². The van der Waals surface area contributed by atoms with Crippen molar-refractivity contribution >= 4 is 21.6 Å². The van der Waals surface area contributed by atoms with Crippen LogP contribution < -0.4 is 5.73 Å². The third kappa shape index (κ3) is 3.15. The molecule has 1 aliphatic heterocycles. The highest BCUT2D eigenvalue weighted by Gasteiger charge is 2.16. The maximum Gasteiger partial charge on any atom is 0.0951 e. The fourth-order valence-corrected chi connectivity index (χ4v) is 4.34. The molecule has 3 aromatic rings. The number of benzene rings is 2. The molecule has 2 heterocycles. The lowest BCUT2D eigenvalue weighted by molar-refractivity contribution is 0.245. The van der Waals surface area contributed by atoms with Crippen molar-refractivity contribution in [3.8, 4) is 0 Å². The van der Waals surface area contributed by atoms with Crippen molar-refractivity contribution in [3.63, 3.8) is 0 Å². The van der Waals surface area contributed by atoms with Crippen LogP contribution in [0.15, 0.2) is 42.5 Å². The fourth-order valence-electron chi connectivity index (χ4n) is 3.29. The first kappa shape index (κ1) is 14.8. The van der Waals surface area contributed by atoms with Gasteiger partial charge in [0.15, 0.2) is 0 Å². The molecule has 118 valence electrons. The molecule has 4 heteroatoms. The summed E-state index contributed by atoms with van der Waals surface area (Å²) < 4.78 is 1.28. The minimum absolute atomic E-state index is 0.667. The van der Waals surface area contributed by atoms with Gasteiger partial charge in [-0.2, -0.15) is 0 Å². The van der Waals surface area contributed by atoms with Crippen molar-refractivity contribution in [2.75, 3.05) is 13.1 Å². The van der Waals surface area contributed by atoms with Crippen molar-refractivity contribution in [1.82, 2.24) is 9.88 Å². The summed E-state index contributed by atoms with van der Waals surface area (Å²) in [5.74, 6) is 0. The van der Waals surface area contributed by atoms with Gasteiger partial charge in [0.1, 0.15) is 0 Å². The van der Waals surface area contributed by atoms with Crippen LogP contribution in [-0.4, -0.2) is 23.0 Å². The van der Waals surface area contributed by atoms with E-state index in [0.717, 1.165) is 43.0 Å². The molecule has 0 unspecified atom stereocenters. The Morgan fingerprint density at radius 2 is 2.00 bits per heavy atom. The molecule has 23 heavy (non-hydrogen) atoms. The summed E-state index contributed by atoms with van der Waals surface area (Å²) in [5.41, 5.74) is 11.1. The number of aromatic nitrogens is 1. The second kappa shape index (κ2) is 6.40. The highest BCUT2D eigenvalue weighted by molar-refractivity contribution is 7.18. The molecule has 2 aromatic carbocycles. The van der Waals surface area contributed by atoms with Gasteiger partial charge in [-0.25, -0.2) is 4.98 Å². The number of hydrogen-bond acceptors (Lipinski definition) is 4. The van der Waals surface area contributed by atoms with E-state index in [1.54, 1.807) is 11.3 Å². The number of thiazole rings is 1. The molecule has 1 aromatic heterocycles. The highest BCUT2D eigenvalue weighted by atomic mass is 32.1. The first-order valence-electron chi connectivity index (χ1n) is 8.19. The molecule has 0 spiro atoms. The van der Waals surface area contributed by atoms with E-state index >= 15 is 0 Å². The molecule has 1 aliphatic rings. The van der Waals surface area contributed by atoms with E-state index in [0.29, 0.717) is 6.54 Å². The van der Waals surface area contributed by atoms with Gasteiger partial charge in [0.25, 0.3) is 0 Å². The maximum absolute atomic E-state index is 5.63. The minimum Gasteiger partial charge on any atom is -0.330 e. The van der Waals surface area contributed by atoms with E-state index < -0.39 is 0 Å². The molecule has 2 N–H and O–H groups in total. The topological polar surface area (TPSA) is 42.1 Å². The molecule has 0 fully saturated rings. The summed E-state index contributed by atoms with van der Waals surface area (Å²) in [6.45, 7) is 3.86. The number of fused-ring (bicyclic) bond motifs is 2. The van der Waals surface area contributed by atoms with Crippen molar-refractivity contribution in [2.24, 2.45) is 5.73 Å². The zero-order valence-electron chi connectivity index (χ0n) is 13.2. The first-order valence-corrected chi connectivity index (χ1v) is 9.01. The summed E-state index contributed by atoms with van der Waals surface area (Å²) in [4.78, 5) is 7.18. The van der Waals surface area contributed by atoms with Crippen LogP contribution in [0.25, 0.3) is 10.2 Å². The van der Waals surface area contributed by atoms with E-state index in [-0.39, 0.29) is 0 Å². The summed E-state index contributed by atoms with van der Waals surface area (Å²) >= 11 is 1.78. The zero-order valence-corrected chi connectivity index (χ0v) is 14.0. The van der Waals surface area contributed by atoms with Gasteiger partial charge in [0, 0.05) is 26.1 Å². The number of nitrogens with two attached hydrogens (primary N) is 1. The van der Waals surface area contributed by atoms with Crippen LogP contribution in [0.2, 0.25) is 0 Å². The average Bonchev–Trinajstić information content (AvgIpc) is 2.97. The molecule has 0 aliphatic carbocycles. The molecule has 0 atom stereocenters. The SMILES string of the molecule is NCCc1nc2ccc(CN3CCc4ccccc4C3)cc2s1. The molecule has 0 radical (unpaired) electrons. The lowest BCUT2D eigenvalue weighted by Gasteiger charge is -2.28. The Balaban J connectivity index is 1.52. The molecule has 0 amide bonds. The Hall–Kier alpha value is -1.75. The highest BCUT2D eigenvalue weighted by Crippen LogP contribution is 2.25. The molecule has 4 rings (SSSR count). The van der Waals surface area contributed by atoms with E-state index in [1.165, 1.54) is 21.4 Å². The van der Waals surface area contributed by atoms with Crippen LogP contribution in [0.3, 0.4) is 0 Å². The van der Waals surface area contributed by atoms with Crippen LogP contribution in [0.5, 0.6) is 0 Å². The quantitative estimate of drug-likeness (QED) is 0.800. The number of hydrogen-bond donors (Lipinski definition) is 1. The summed E-state index contributed by atoms with van der Waals surface area (Å²) in [6, 6.07) is 15.5. The van der Waals surface area contributed by atoms with Gasteiger partial charge in [-0.1, -0.05) is 30.3 Å². The Bertz CT molecular complexity index is 824. The van der Waals surface area contributed by atoms with E-state index in [4.69, 9.17) is 5.73 Å². The summed E-state index contributed by atoms with van der Waals surface area (Å²) in [6.07, 6.45) is 2.03. The van der Waals surface area contributed by atoms with Crippen molar-refractivity contribution in [2.45, 2.75) is 25.9 Å². The standard InChI is InChI=1S/C19H21N3S/c20-9-7-19-21-17-6-5-14(11-18(17)23-19)12-22-10-8-15-3-1-2-4-16(15)13-22/h1-6,11H,7-10,12-13,20H2. The van der Waals surface area contributed by atoms with Gasteiger partial charge in [-0.05, 0) is 41.8 Å². The van der Waals surface area contributed by atoms with Crippen LogP contribution in [-0.2, 0) is 25.9 Å². The van der Waals surface area contributed by atoms with Crippen molar-refractivity contribution < 1.29 is 0 Å². The van der Waals surface area contributed by atoms with Gasteiger partial charge in [0.2, 0.25) is 0 Å². The molecular formula is C19H21N3S. The normalized spacial score (nSPS) is 15.0. The Labute approximate surface area is 140 Å². The zero-order chi connectivity index (χ0) is 15.6. The third-order valence-corrected chi connectivity index (χ3v) is 5.55. The molecule has 3 nitrogen and oxygen atoms in total. The predicted molar refractivity (Wildman–Crippen MR) is 96.6 cm³/mol. The molecule has 0 saturated carbocycles. The minimum atomic E-state index is 0.667. The van der Waals surface area contributed by atoms with E-state index in [9.17, 15) is 0 Å². The van der Waals surface area contributed by atoms with Crippen molar-refractivity contribution in [1.29, 1.82) is 0 Å². The summed E-state index contributed by atoms with van der Waals surface area (Å²) in [5, 5.41) is 1.14. The smallest absolute Gasteiger partial charge is 0.0951 e. The van der Waals surface area contributed by atoms with Crippen LogP contribution >= 0.6 is 11.3 Å². The Morgan fingerprint density at radius 1 is 1.13 bits per heavy atom. The van der Waals surface area contributed by atoms with Crippen molar-refractivity contribution in [3.05, 3.63) is 64.2 Å². The Morgan fingerprint density at radius 3 is 2.87 bits per heavy atom. The lowest BCUT2D eigenvalue weighted by Crippen LogP contribution is -2.29. The van der Waals surface area contributed by atoms with Gasteiger partial charge in [-0.3, -0.25) is 4.90 Å². The van der Waals surface area contributed by atoms with Crippen LogP contribution in [0.4, 0.5) is 0 Å². The average molecular weight is 323 g/mol. The number of rotatable bonds is 4. The molecule has 0 saturated heterocycles. The lowest BCUT2D eigenvalue weighted by atomic mass is 9.99. The van der Waals surface area contributed by atoms with Gasteiger partial charge in [-0.15, -0.1) is 11.3 Å². The predicted octanol–water partition coefficient (Wildman–Crippen LogP) is 3.36. The van der Waals surface area contributed by atoms with Crippen LogP contribution in [0.1, 0.15) is 21.7 Å². The maximum atomic E-state index is 5.63. The second-order valence-corrected chi connectivity index (χ2v) is 7.29. The van der Waals surface area contributed by atoms with E-state index in [1.807, 2.05) is 0 Å². The fraction of sp³-hybridized carbons (Fsp3) is 0.316. The largest absolute Gasteiger partial charge is 0.330 e. The van der Waals surface area contributed by atoms with Gasteiger partial charge < -0.3 is 5.73 Å². The third-order valence-electron chi connectivity index (χ3n) is 4.47. The van der Waals surface area contributed by atoms with Gasteiger partial charge in [0.05, 0.1) is 15.2 Å². The van der Waals surface area contributed by atoms with E-state index in [2.05, 4.69) is 52.3 Å². The summed E-state index contributed by atoms with van der Waals surface area (Å²) in [7, 11) is 0. The van der Waals surface area contributed by atoms with Crippen LogP contribution in [0, 0.1) is 0 Å². The molecule has 0 bridgehead atoms. The molecular weight excluding hydrogens is 302 g/mol. The monoisotopic (exact) mass is 323 g/mol. The number of nitrogens with zero attached hydrogens (tertiary/aromatic N) is 2.